The lowest BCUT2D eigenvalue weighted by molar-refractivity contribution is 0.586. The van der Waals surface area contributed by atoms with Gasteiger partial charge in [0.15, 0.2) is 0 Å². The Bertz CT molecular complexity index is 6040. The van der Waals surface area contributed by atoms with Gasteiger partial charge in [-0.2, -0.15) is 0 Å². The van der Waals surface area contributed by atoms with E-state index in [1.54, 1.807) is 24.3 Å². The summed E-state index contributed by atoms with van der Waals surface area (Å²) in [6, 6.07) is 64.8. The predicted molar refractivity (Wildman–Crippen MR) is 556 cm³/mol. The molecule has 0 spiro atoms. The molecule has 0 saturated carbocycles. The second-order valence-electron chi connectivity index (χ2n) is 38.8. The molecule has 12 rings (SSSR count). The summed E-state index contributed by atoms with van der Waals surface area (Å²) in [5.41, 5.74) is 45.7. The molecule has 0 aromatic heterocycles. The van der Waals surface area contributed by atoms with Gasteiger partial charge >= 0.3 is 0 Å². The lowest BCUT2D eigenvalue weighted by atomic mass is 9.76. The van der Waals surface area contributed by atoms with Crippen LogP contribution in [0.25, 0.3) is 66.8 Å². The summed E-state index contributed by atoms with van der Waals surface area (Å²) in [7, 11) is 0. The van der Waals surface area contributed by atoms with Crippen LogP contribution in [0.1, 0.15) is 397 Å². The Balaban J connectivity index is 0.000000227. The Morgan fingerprint density at radius 1 is 0.202 bits per heavy atom. The van der Waals surface area contributed by atoms with Crippen molar-refractivity contribution in [2.24, 2.45) is 0 Å². The molecule has 12 aromatic carbocycles. The van der Waals surface area contributed by atoms with Gasteiger partial charge in [0.2, 0.25) is 0 Å². The monoisotopic (exact) mass is 1670 g/mol. The number of hydrogen-bond acceptors (Lipinski definition) is 0. The lowest BCUT2D eigenvalue weighted by Gasteiger charge is -2.28. The molecular weight excluding hydrogens is 1490 g/mol. The summed E-state index contributed by atoms with van der Waals surface area (Å²) < 4.78 is 109. The van der Waals surface area contributed by atoms with E-state index in [0.29, 0.717) is 5.56 Å². The minimum absolute atomic E-state index is 0.117. The highest BCUT2D eigenvalue weighted by Gasteiger charge is 2.26. The van der Waals surface area contributed by atoms with Gasteiger partial charge in [0.1, 0.15) is 0 Å². The summed E-state index contributed by atoms with van der Waals surface area (Å²) in [6.07, 6.45) is 0. The molecule has 0 radical (unpaired) electrons. The van der Waals surface area contributed by atoms with Crippen molar-refractivity contribution in [3.8, 4) is 66.8 Å². The molecule has 124 heavy (non-hydrogen) atoms. The molecule has 0 saturated heterocycles. The van der Waals surface area contributed by atoms with Crippen molar-refractivity contribution >= 4 is 0 Å². The first kappa shape index (κ1) is 82.9. The fraction of sp³-hybridized carbons (Fsp3) is 0.419. The van der Waals surface area contributed by atoms with Gasteiger partial charge in [-0.15, -0.1) is 0 Å². The van der Waals surface area contributed by atoms with Crippen LogP contribution in [0.3, 0.4) is 0 Å². The first-order valence-electron chi connectivity index (χ1n) is 51.4. The summed E-state index contributed by atoms with van der Waals surface area (Å²) in [5, 5.41) is 0. The Morgan fingerprint density at radius 3 is 0.774 bits per heavy atom. The van der Waals surface area contributed by atoms with Crippen LogP contribution in [0.5, 0.6) is 0 Å². The molecule has 0 aliphatic carbocycles. The SMILES string of the molecule is Cc1cc(C)c(-c2cc(C)c(C)c(C)c2)c(C)c1.Cc1ccc(-c2ccc(C)c(C)c2)c(C)c1.[2H]C(C)(C)c1cc(-c2c(C([2H])(C)C)cc(C(C)(C)C)cc2C([2H])(C)C)cc(C([2H])(C)C)c1C.[2H]C(C)(C)c1cc(-c2c(C)cc(C)cc2C)cc(C([2H])(C)C)c1C.[2H]C(C)(C)c1cc(-c2ccccc2)cc(C([2H])(C)C)c1C.[2H]C([2H])([2H])c1ccc(-c2cc(C([2H])(C)C)c(C)c(C([2H])(C)C)c2)cc1. The van der Waals surface area contributed by atoms with Crippen molar-refractivity contribution < 1.29 is 17.8 Å². The van der Waals surface area contributed by atoms with Gasteiger partial charge in [-0.3, -0.25) is 0 Å². The van der Waals surface area contributed by atoms with Crippen LogP contribution < -0.4 is 0 Å². The molecule has 0 unspecified atom stereocenters. The lowest BCUT2D eigenvalue weighted by Crippen LogP contribution is -2.14. The fourth-order valence-electron chi connectivity index (χ4n) is 17.6. The van der Waals surface area contributed by atoms with E-state index in [1.807, 2.05) is 190 Å². The van der Waals surface area contributed by atoms with Gasteiger partial charge < -0.3 is 0 Å². The minimum atomic E-state index is -2.12. The maximum absolute atomic E-state index is 9.03. The van der Waals surface area contributed by atoms with Crippen LogP contribution in [0, 0.1) is 125 Å². The normalized spacial score (nSPS) is 14.0. The average molecular weight is 1670 g/mol. The summed E-state index contributed by atoms with van der Waals surface area (Å²) in [5.74, 6) is -7.71. The Labute approximate surface area is 777 Å². The van der Waals surface area contributed by atoms with Gasteiger partial charge in [0, 0.05) is 17.8 Å². The number of hydrogen-bond donors (Lipinski definition) is 0. The van der Waals surface area contributed by atoms with E-state index in [0.717, 1.165) is 122 Å². The Hall–Kier alpha value is -9.36. The Kier molecular flexibility index (Phi) is 29.5. The predicted octanol–water partition coefficient (Wildman–Crippen LogP) is 38.2. The molecule has 0 heterocycles. The van der Waals surface area contributed by atoms with E-state index in [2.05, 4.69) is 251 Å². The molecule has 0 bridgehead atoms. The summed E-state index contributed by atoms with van der Waals surface area (Å²) in [4.78, 5) is 0. The molecule has 0 fully saturated rings. The van der Waals surface area contributed by atoms with Gasteiger partial charge in [-0.05, 0) is 395 Å². The van der Waals surface area contributed by atoms with Crippen molar-refractivity contribution in [1.29, 1.82) is 0 Å². The van der Waals surface area contributed by atoms with Crippen LogP contribution >= 0.6 is 0 Å². The highest BCUT2D eigenvalue weighted by Crippen LogP contribution is 2.45. The van der Waals surface area contributed by atoms with Crippen LogP contribution in [0.4, 0.5) is 0 Å². The molecule has 0 amide bonds. The second-order valence-corrected chi connectivity index (χ2v) is 38.8. The smallest absolute Gasteiger partial charge is 0.0347 e. The second kappa shape index (κ2) is 44.2. The molecule has 0 aliphatic rings. The topological polar surface area (TPSA) is 0 Å². The van der Waals surface area contributed by atoms with Crippen molar-refractivity contribution in [1.82, 2.24) is 0 Å². The van der Waals surface area contributed by atoms with E-state index in [1.165, 1.54) is 100 Å². The van der Waals surface area contributed by atoms with Gasteiger partial charge in [0.05, 0.1) is 0 Å². The molecule has 0 heteroatoms. The standard InChI is InChI=1S/C29H44.C22H30.C20H26.C19H24.C18H22.C16H18/c1-17(2)24-13-22(14-25(18(3)4)21(24)9)28-26(19(5)6)15-23(29(10,11)12)16-27(28)20(7)8;1-13(2)20-11-19(12-21(14(3)4)18(20)8)22-16(6)9-15(5)10-17(22)7;1-13(2)19-11-18(12-20(14(3)4)16(19)6)17-9-7-15(5)8-10-17;1-13(2)18-11-17(16-9-7-6-8-10-16)12-19(14(3)4)15(18)5;1-11-7-14(4)18(15(5)8-11)17-9-12(2)16(6)13(3)10-17;1-11-5-8-16(14(4)9-11)15-7-6-12(2)13(3)10-15/h13-20H,1-12H3;9-14H,1-8H3;7-14H,1-6H3;6-14H,1-5H3;7-10H,1-6H3;5-10H,1-4H3/i17D,18D,19D,20D;13D,14D;5D3,13D,14D;13D,14D;;. The zero-order valence-electron chi connectivity index (χ0n) is 97.4. The largest absolute Gasteiger partial charge is 0.0622 e. The zero-order valence-corrected chi connectivity index (χ0v) is 84.4. The molecule has 0 N–H and O–H groups in total. The molecule has 12 aromatic rings. The van der Waals surface area contributed by atoms with Crippen molar-refractivity contribution in [3.63, 3.8) is 0 Å². The maximum Gasteiger partial charge on any atom is 0.0347 e. The average Bonchev–Trinajstić information content (AvgIpc) is 0.728. The third kappa shape index (κ3) is 25.9. The van der Waals surface area contributed by atoms with Crippen LogP contribution in [-0.2, 0) is 5.41 Å². The maximum atomic E-state index is 9.03. The summed E-state index contributed by atoms with van der Waals surface area (Å²) >= 11 is 0. The number of rotatable bonds is 16. The molecule has 0 nitrogen and oxygen atoms in total. The van der Waals surface area contributed by atoms with E-state index >= 15 is 0 Å². The van der Waals surface area contributed by atoms with Crippen LogP contribution in [0.2, 0.25) is 0 Å². The summed E-state index contributed by atoms with van der Waals surface area (Å²) in [6.45, 7) is 78.5. The third-order valence-corrected chi connectivity index (χ3v) is 24.7. The first-order valence-corrected chi connectivity index (χ1v) is 44.9. The zero-order chi connectivity index (χ0) is 105. The van der Waals surface area contributed by atoms with E-state index < -0.39 is 65.8 Å². The van der Waals surface area contributed by atoms with E-state index in [9.17, 15) is 0 Å². The van der Waals surface area contributed by atoms with Gasteiger partial charge in [0.25, 0.3) is 0 Å². The van der Waals surface area contributed by atoms with Gasteiger partial charge in [-0.25, -0.2) is 0 Å². The van der Waals surface area contributed by atoms with E-state index in [-0.39, 0.29) is 5.41 Å². The fourth-order valence-corrected chi connectivity index (χ4v) is 17.6. The highest BCUT2D eigenvalue weighted by molar-refractivity contribution is 5.78. The van der Waals surface area contributed by atoms with Crippen LogP contribution in [0.15, 0.2) is 188 Å². The third-order valence-electron chi connectivity index (χ3n) is 24.7. The Morgan fingerprint density at radius 2 is 0.476 bits per heavy atom. The minimum Gasteiger partial charge on any atom is -0.0622 e. The van der Waals surface area contributed by atoms with Gasteiger partial charge in [-0.1, -0.05) is 370 Å². The number of aryl methyl sites for hydroxylation is 13. The number of benzene rings is 12. The highest BCUT2D eigenvalue weighted by atomic mass is 14.3. The van der Waals surface area contributed by atoms with Crippen molar-refractivity contribution in [2.45, 2.75) is 348 Å². The molecular formula is C124H164. The van der Waals surface area contributed by atoms with Crippen LogP contribution in [-0.4, -0.2) is 0 Å². The molecule has 0 aliphatic heterocycles. The quantitative estimate of drug-likeness (QED) is 0.0904. The van der Waals surface area contributed by atoms with Crippen molar-refractivity contribution in [3.05, 3.63) is 349 Å². The van der Waals surface area contributed by atoms with E-state index in [4.69, 9.17) is 17.8 Å². The molecule has 0 atom stereocenters. The first-order chi connectivity index (χ1) is 62.1. The molecule has 660 valence electrons. The van der Waals surface area contributed by atoms with Crippen molar-refractivity contribution in [2.75, 3.05) is 0 Å².